The predicted octanol–water partition coefficient (Wildman–Crippen LogP) is 1.08. The molecule has 0 aromatic carbocycles. The Hall–Kier alpha value is -0.410. The van der Waals surface area contributed by atoms with Gasteiger partial charge >= 0.3 is 0 Å². The zero-order valence-electron chi connectivity index (χ0n) is 12.7. The highest BCUT2D eigenvalue weighted by Gasteiger charge is 2.56. The van der Waals surface area contributed by atoms with Gasteiger partial charge in [-0.05, 0) is 63.2 Å². The summed E-state index contributed by atoms with van der Waals surface area (Å²) < 4.78 is 5.45. The number of hydrogen-bond acceptors (Lipinski definition) is 2. The Morgan fingerprint density at radius 2 is 1.55 bits per heavy atom. The maximum Gasteiger partial charge on any atom is 0.195 e. The minimum Gasteiger partial charge on any atom is -0.370 e. The number of carbonyl (C=O) groups excluding carboxylic acids is 1. The summed E-state index contributed by atoms with van der Waals surface area (Å²) in [6.07, 6.45) is 7.91. The Bertz CT molecular complexity index is 365. The number of nitrogens with one attached hydrogen (secondary N) is 1. The van der Waals surface area contributed by atoms with Gasteiger partial charge in [0.15, 0.2) is 5.78 Å². The molecule has 20 heavy (non-hydrogen) atoms. The van der Waals surface area contributed by atoms with E-state index < -0.39 is 0 Å². The van der Waals surface area contributed by atoms with Gasteiger partial charge in [-0.3, -0.25) is 4.79 Å². The number of rotatable bonds is 3. The van der Waals surface area contributed by atoms with Crippen LogP contribution in [-0.4, -0.2) is 38.1 Å². The van der Waals surface area contributed by atoms with Gasteiger partial charge in [-0.15, -0.1) is 0 Å². The quantitative estimate of drug-likeness (QED) is 0.837. The first-order chi connectivity index (χ1) is 9.66. The number of ether oxygens (including phenoxy) is 1. The van der Waals surface area contributed by atoms with E-state index in [-0.39, 0.29) is 11.5 Å². The number of Topliss-reactive ketones (excluding diaryl/α,β-unsaturated/α-hetero) is 1. The second-order valence-corrected chi connectivity index (χ2v) is 8.05. The van der Waals surface area contributed by atoms with Gasteiger partial charge in [0.25, 0.3) is 0 Å². The van der Waals surface area contributed by atoms with Crippen molar-refractivity contribution in [1.29, 1.82) is 0 Å². The molecule has 4 saturated carbocycles. The predicted molar refractivity (Wildman–Crippen MR) is 76.6 cm³/mol. The number of ketones is 1. The second kappa shape index (κ2) is 4.81. The largest absolute Gasteiger partial charge is 0.370 e. The number of carbonyl (C=O) groups is 1. The molecule has 3 nitrogen and oxygen atoms in total. The molecule has 1 N–H and O–H groups in total. The van der Waals surface area contributed by atoms with E-state index in [0.29, 0.717) is 5.78 Å². The maximum atomic E-state index is 13.2. The summed E-state index contributed by atoms with van der Waals surface area (Å²) in [7, 11) is 0. The van der Waals surface area contributed by atoms with Gasteiger partial charge in [0.1, 0.15) is 19.1 Å². The van der Waals surface area contributed by atoms with Crippen LogP contribution in [0.15, 0.2) is 0 Å². The van der Waals surface area contributed by atoms with Crippen molar-refractivity contribution in [2.24, 2.45) is 23.2 Å². The van der Waals surface area contributed by atoms with Crippen molar-refractivity contribution in [2.45, 2.75) is 51.5 Å². The molecule has 0 radical (unpaired) electrons. The zero-order valence-corrected chi connectivity index (χ0v) is 12.7. The van der Waals surface area contributed by atoms with Gasteiger partial charge < -0.3 is 9.64 Å². The van der Waals surface area contributed by atoms with E-state index in [1.165, 1.54) is 43.4 Å². The highest BCUT2D eigenvalue weighted by atomic mass is 16.5. The van der Waals surface area contributed by atoms with Crippen molar-refractivity contribution < 1.29 is 14.4 Å². The minimum atomic E-state index is 0.0828. The van der Waals surface area contributed by atoms with Gasteiger partial charge in [-0.25, -0.2) is 0 Å². The summed E-state index contributed by atoms with van der Waals surface area (Å²) in [6.45, 7) is 5.86. The maximum absolute atomic E-state index is 13.2. The number of quaternary nitrogens is 1. The normalized spacial score (nSPS) is 45.5. The molecule has 1 atom stereocenters. The standard InChI is InChI=1S/C17H27NO2/c1-12(18-2-4-20-5-3-18)16(19)17-9-13-6-14(10-17)8-15(7-13)11-17/h12-15H,2-11H2,1H3/p+1/t12-,13?,14?,15?,17?/m0/s1. The van der Waals surface area contributed by atoms with Crippen molar-refractivity contribution in [3.8, 4) is 0 Å². The molecule has 112 valence electrons. The molecule has 5 rings (SSSR count). The fourth-order valence-electron chi connectivity index (χ4n) is 6.12. The molecule has 3 heteroatoms. The van der Waals surface area contributed by atoms with Crippen molar-refractivity contribution in [3.05, 3.63) is 0 Å². The Balaban J connectivity index is 1.52. The van der Waals surface area contributed by atoms with Crippen LogP contribution >= 0.6 is 0 Å². The molecule has 5 fully saturated rings. The van der Waals surface area contributed by atoms with Crippen molar-refractivity contribution in [3.63, 3.8) is 0 Å². The van der Waals surface area contributed by atoms with Crippen molar-refractivity contribution >= 4 is 5.78 Å². The van der Waals surface area contributed by atoms with Crippen LogP contribution in [0, 0.1) is 23.2 Å². The molecule has 5 aliphatic rings. The van der Waals surface area contributed by atoms with E-state index >= 15 is 0 Å². The zero-order chi connectivity index (χ0) is 13.7. The third-order valence-electron chi connectivity index (χ3n) is 6.70. The average molecular weight is 278 g/mol. The summed E-state index contributed by atoms with van der Waals surface area (Å²) >= 11 is 0. The van der Waals surface area contributed by atoms with Gasteiger partial charge in [0.05, 0.1) is 13.2 Å². The van der Waals surface area contributed by atoms with Crippen LogP contribution < -0.4 is 4.90 Å². The van der Waals surface area contributed by atoms with Gasteiger partial charge in [0, 0.05) is 5.41 Å². The lowest BCUT2D eigenvalue weighted by Gasteiger charge is -2.56. The molecular formula is C17H28NO2+. The lowest BCUT2D eigenvalue weighted by molar-refractivity contribution is -0.922. The molecule has 0 aromatic rings. The number of morpholine rings is 1. The SMILES string of the molecule is C[C@@H](C(=O)C12CC3CC(CC(C3)C1)C2)[NH+]1CCOCC1. The van der Waals surface area contributed by atoms with E-state index in [2.05, 4.69) is 6.92 Å². The van der Waals surface area contributed by atoms with Crippen molar-refractivity contribution in [2.75, 3.05) is 26.3 Å². The average Bonchev–Trinajstić information content (AvgIpc) is 2.45. The van der Waals surface area contributed by atoms with Crippen LogP contribution in [0.3, 0.4) is 0 Å². The van der Waals surface area contributed by atoms with Gasteiger partial charge in [0.2, 0.25) is 0 Å². The topological polar surface area (TPSA) is 30.7 Å². The molecule has 1 heterocycles. The molecule has 0 amide bonds. The monoisotopic (exact) mass is 278 g/mol. The second-order valence-electron chi connectivity index (χ2n) is 8.05. The molecule has 0 unspecified atom stereocenters. The van der Waals surface area contributed by atoms with Crippen LogP contribution in [0.25, 0.3) is 0 Å². The Kier molecular flexibility index (Phi) is 3.19. The van der Waals surface area contributed by atoms with E-state index in [9.17, 15) is 4.79 Å². The lowest BCUT2D eigenvalue weighted by atomic mass is 9.48. The molecule has 4 bridgehead atoms. The first-order valence-electron chi connectivity index (χ1n) is 8.63. The van der Waals surface area contributed by atoms with Crippen LogP contribution in [-0.2, 0) is 9.53 Å². The Morgan fingerprint density at radius 3 is 2.05 bits per heavy atom. The molecule has 1 saturated heterocycles. The number of hydrogen-bond donors (Lipinski definition) is 1. The molecule has 4 aliphatic carbocycles. The summed E-state index contributed by atoms with van der Waals surface area (Å²) in [5, 5.41) is 0. The summed E-state index contributed by atoms with van der Waals surface area (Å²) in [4.78, 5) is 14.7. The highest BCUT2D eigenvalue weighted by molar-refractivity contribution is 5.88. The molecule has 0 aromatic heterocycles. The fraction of sp³-hybridized carbons (Fsp3) is 0.941. The van der Waals surface area contributed by atoms with Crippen LogP contribution in [0.2, 0.25) is 0 Å². The Labute approximate surface area is 122 Å². The lowest BCUT2D eigenvalue weighted by Crippen LogP contribution is -3.18. The third-order valence-corrected chi connectivity index (χ3v) is 6.70. The van der Waals surface area contributed by atoms with Crippen LogP contribution in [0.4, 0.5) is 0 Å². The first kappa shape index (κ1) is 13.3. The van der Waals surface area contributed by atoms with Crippen molar-refractivity contribution in [1.82, 2.24) is 0 Å². The highest BCUT2D eigenvalue weighted by Crippen LogP contribution is 2.60. The summed E-state index contributed by atoms with van der Waals surface area (Å²) in [5.74, 6) is 3.22. The van der Waals surface area contributed by atoms with E-state index in [1.54, 1.807) is 0 Å². The first-order valence-corrected chi connectivity index (χ1v) is 8.63. The summed E-state index contributed by atoms with van der Waals surface area (Å²) in [6, 6.07) is 0.190. The molecule has 1 aliphatic heterocycles. The van der Waals surface area contributed by atoms with E-state index in [1.807, 2.05) is 0 Å². The van der Waals surface area contributed by atoms with Crippen LogP contribution in [0.5, 0.6) is 0 Å². The minimum absolute atomic E-state index is 0.0828. The molecule has 0 spiro atoms. The van der Waals surface area contributed by atoms with Gasteiger partial charge in [-0.1, -0.05) is 0 Å². The van der Waals surface area contributed by atoms with Gasteiger partial charge in [-0.2, -0.15) is 0 Å². The molecular weight excluding hydrogens is 250 g/mol. The van der Waals surface area contributed by atoms with E-state index in [0.717, 1.165) is 44.1 Å². The smallest absolute Gasteiger partial charge is 0.195 e. The Morgan fingerprint density at radius 1 is 1.05 bits per heavy atom. The van der Waals surface area contributed by atoms with E-state index in [4.69, 9.17) is 4.74 Å². The fourth-order valence-corrected chi connectivity index (χ4v) is 6.12. The summed E-state index contributed by atoms with van der Waals surface area (Å²) in [5.41, 5.74) is 0.0828. The van der Waals surface area contributed by atoms with Crippen LogP contribution in [0.1, 0.15) is 45.4 Å². The third kappa shape index (κ3) is 2.05.